The topological polar surface area (TPSA) is 58.2 Å². The van der Waals surface area contributed by atoms with Crippen LogP contribution in [0.15, 0.2) is 48.5 Å². The van der Waals surface area contributed by atoms with Crippen LogP contribution in [0.2, 0.25) is 0 Å². The second-order valence-corrected chi connectivity index (χ2v) is 4.59. The molecule has 2 rings (SSSR count). The van der Waals surface area contributed by atoms with Crippen molar-refractivity contribution in [3.05, 3.63) is 71.0 Å². The van der Waals surface area contributed by atoms with Crippen molar-refractivity contribution in [2.24, 2.45) is 0 Å². The molecule has 2 amide bonds. The number of aryl methyl sites for hydroxylation is 1. The Kier molecular flexibility index (Phi) is 4.66. The number of nitrogens with one attached hydrogen (secondary N) is 2. The monoisotopic (exact) mass is 286 g/mol. The molecule has 0 heterocycles. The molecule has 0 fully saturated rings. The molecule has 108 valence electrons. The highest BCUT2D eigenvalue weighted by atomic mass is 19.1. The number of amides is 2. The summed E-state index contributed by atoms with van der Waals surface area (Å²) in [4.78, 5) is 23.5. The minimum absolute atomic E-state index is 0.117. The van der Waals surface area contributed by atoms with Gasteiger partial charge in [-0.1, -0.05) is 36.4 Å². The lowest BCUT2D eigenvalue weighted by atomic mass is 10.1. The van der Waals surface area contributed by atoms with Gasteiger partial charge in [-0.05, 0) is 30.2 Å². The van der Waals surface area contributed by atoms with Crippen LogP contribution in [0.4, 0.5) is 4.39 Å². The smallest absolute Gasteiger partial charge is 0.272 e. The van der Waals surface area contributed by atoms with E-state index in [0.717, 1.165) is 11.1 Å². The highest BCUT2D eigenvalue weighted by Crippen LogP contribution is 2.07. The van der Waals surface area contributed by atoms with Crippen molar-refractivity contribution in [1.82, 2.24) is 10.9 Å². The van der Waals surface area contributed by atoms with Crippen LogP contribution in [0.25, 0.3) is 0 Å². The van der Waals surface area contributed by atoms with Gasteiger partial charge in [0.15, 0.2) is 0 Å². The Morgan fingerprint density at radius 2 is 1.67 bits per heavy atom. The van der Waals surface area contributed by atoms with E-state index in [1.165, 1.54) is 18.2 Å². The largest absolute Gasteiger partial charge is 0.273 e. The van der Waals surface area contributed by atoms with E-state index in [9.17, 15) is 14.0 Å². The van der Waals surface area contributed by atoms with Gasteiger partial charge in [0.05, 0.1) is 12.0 Å². The summed E-state index contributed by atoms with van der Waals surface area (Å²) in [5.41, 5.74) is 6.23. The highest BCUT2D eigenvalue weighted by Gasteiger charge is 2.12. The Morgan fingerprint density at radius 1 is 1.00 bits per heavy atom. The van der Waals surface area contributed by atoms with Crippen LogP contribution >= 0.6 is 0 Å². The van der Waals surface area contributed by atoms with Crippen molar-refractivity contribution in [2.75, 3.05) is 0 Å². The van der Waals surface area contributed by atoms with E-state index in [1.807, 2.05) is 31.2 Å². The first-order valence-corrected chi connectivity index (χ1v) is 6.46. The van der Waals surface area contributed by atoms with E-state index in [1.54, 1.807) is 6.07 Å². The molecule has 2 aromatic rings. The number of halogens is 1. The van der Waals surface area contributed by atoms with Gasteiger partial charge >= 0.3 is 0 Å². The Hall–Kier alpha value is -2.69. The van der Waals surface area contributed by atoms with Gasteiger partial charge in [-0.25, -0.2) is 4.39 Å². The predicted molar refractivity (Wildman–Crippen MR) is 76.9 cm³/mol. The van der Waals surface area contributed by atoms with Gasteiger partial charge in [0.25, 0.3) is 5.91 Å². The number of benzene rings is 2. The number of hydrazine groups is 1. The van der Waals surface area contributed by atoms with Gasteiger partial charge in [0.2, 0.25) is 5.91 Å². The van der Waals surface area contributed by atoms with Gasteiger partial charge in [-0.3, -0.25) is 20.4 Å². The Bertz CT molecular complexity index is 671. The second kappa shape index (κ2) is 6.65. The van der Waals surface area contributed by atoms with E-state index < -0.39 is 11.7 Å². The SMILES string of the molecule is Cc1ccccc1CC(=O)NNC(=O)c1ccccc1F. The Balaban J connectivity index is 1.91. The first-order valence-electron chi connectivity index (χ1n) is 6.46. The predicted octanol–water partition coefficient (Wildman–Crippen LogP) is 2.14. The Morgan fingerprint density at radius 3 is 2.38 bits per heavy atom. The molecule has 0 aromatic heterocycles. The highest BCUT2D eigenvalue weighted by molar-refractivity contribution is 5.95. The van der Waals surface area contributed by atoms with Crippen LogP contribution in [-0.2, 0) is 11.2 Å². The molecule has 0 unspecified atom stereocenters. The molecule has 5 heteroatoms. The second-order valence-electron chi connectivity index (χ2n) is 4.59. The molecule has 0 aliphatic rings. The minimum Gasteiger partial charge on any atom is -0.273 e. The molecular weight excluding hydrogens is 271 g/mol. The van der Waals surface area contributed by atoms with Gasteiger partial charge in [0.1, 0.15) is 5.82 Å². The molecule has 0 aliphatic carbocycles. The molecule has 0 bridgehead atoms. The van der Waals surface area contributed by atoms with Crippen molar-refractivity contribution >= 4 is 11.8 Å². The Labute approximate surface area is 122 Å². The quantitative estimate of drug-likeness (QED) is 0.849. The summed E-state index contributed by atoms with van der Waals surface area (Å²) in [6.07, 6.45) is 0.143. The van der Waals surface area contributed by atoms with E-state index in [4.69, 9.17) is 0 Å². The summed E-state index contributed by atoms with van der Waals surface area (Å²) in [6, 6.07) is 13.0. The zero-order chi connectivity index (χ0) is 15.2. The molecule has 0 saturated carbocycles. The lowest BCUT2D eigenvalue weighted by Crippen LogP contribution is -2.42. The summed E-state index contributed by atoms with van der Waals surface area (Å²) in [6.45, 7) is 1.90. The van der Waals surface area contributed by atoms with Gasteiger partial charge < -0.3 is 0 Å². The molecule has 0 radical (unpaired) electrons. The molecule has 0 aliphatic heterocycles. The normalized spacial score (nSPS) is 10.0. The van der Waals surface area contributed by atoms with E-state index in [2.05, 4.69) is 10.9 Å². The van der Waals surface area contributed by atoms with Crippen molar-refractivity contribution in [3.63, 3.8) is 0 Å². The van der Waals surface area contributed by atoms with Crippen LogP contribution < -0.4 is 10.9 Å². The first kappa shape index (κ1) is 14.7. The molecule has 21 heavy (non-hydrogen) atoms. The zero-order valence-electron chi connectivity index (χ0n) is 11.5. The number of carbonyl (C=O) groups excluding carboxylic acids is 2. The fraction of sp³-hybridized carbons (Fsp3) is 0.125. The molecule has 2 aromatic carbocycles. The summed E-state index contributed by atoms with van der Waals surface area (Å²) < 4.78 is 13.4. The van der Waals surface area contributed by atoms with Crippen LogP contribution in [0.5, 0.6) is 0 Å². The summed E-state index contributed by atoms with van der Waals surface area (Å²) >= 11 is 0. The summed E-state index contributed by atoms with van der Waals surface area (Å²) in [5.74, 6) is -1.69. The van der Waals surface area contributed by atoms with Crippen LogP contribution in [0.1, 0.15) is 21.5 Å². The third-order valence-electron chi connectivity index (χ3n) is 3.05. The summed E-state index contributed by atoms with van der Waals surface area (Å²) in [5, 5.41) is 0. The molecule has 4 nitrogen and oxygen atoms in total. The van der Waals surface area contributed by atoms with Crippen LogP contribution in [0, 0.1) is 12.7 Å². The average Bonchev–Trinajstić information content (AvgIpc) is 2.48. The van der Waals surface area contributed by atoms with Crippen LogP contribution in [-0.4, -0.2) is 11.8 Å². The van der Waals surface area contributed by atoms with Gasteiger partial charge in [0, 0.05) is 0 Å². The maximum Gasteiger partial charge on any atom is 0.272 e. The third kappa shape index (κ3) is 3.89. The van der Waals surface area contributed by atoms with Crippen molar-refractivity contribution in [3.8, 4) is 0 Å². The molecule has 0 atom stereocenters. The molecular formula is C16H15FN2O2. The van der Waals surface area contributed by atoms with Crippen LogP contribution in [0.3, 0.4) is 0 Å². The minimum atomic E-state index is -0.689. The maximum atomic E-state index is 13.4. The fourth-order valence-electron chi connectivity index (χ4n) is 1.86. The maximum absolute atomic E-state index is 13.4. The third-order valence-corrected chi connectivity index (χ3v) is 3.05. The lowest BCUT2D eigenvalue weighted by molar-refractivity contribution is -0.121. The standard InChI is InChI=1S/C16H15FN2O2/c1-11-6-2-3-7-12(11)10-15(20)18-19-16(21)13-8-4-5-9-14(13)17/h2-9H,10H2,1H3,(H,18,20)(H,19,21). The zero-order valence-corrected chi connectivity index (χ0v) is 11.5. The van der Waals surface area contributed by atoms with Gasteiger partial charge in [-0.15, -0.1) is 0 Å². The fourth-order valence-corrected chi connectivity index (χ4v) is 1.86. The lowest BCUT2D eigenvalue weighted by Gasteiger charge is -2.09. The van der Waals surface area contributed by atoms with Crippen molar-refractivity contribution in [2.45, 2.75) is 13.3 Å². The number of hydrogen-bond donors (Lipinski definition) is 2. The molecule has 0 saturated heterocycles. The van der Waals surface area contributed by atoms with Crippen molar-refractivity contribution in [1.29, 1.82) is 0 Å². The first-order chi connectivity index (χ1) is 10.1. The molecule has 2 N–H and O–H groups in total. The average molecular weight is 286 g/mol. The summed E-state index contributed by atoms with van der Waals surface area (Å²) in [7, 11) is 0. The number of hydrogen-bond acceptors (Lipinski definition) is 2. The number of carbonyl (C=O) groups is 2. The molecule has 0 spiro atoms. The van der Waals surface area contributed by atoms with Crippen molar-refractivity contribution < 1.29 is 14.0 Å². The van der Waals surface area contributed by atoms with E-state index in [-0.39, 0.29) is 17.9 Å². The number of rotatable bonds is 3. The van der Waals surface area contributed by atoms with E-state index >= 15 is 0 Å². The van der Waals surface area contributed by atoms with Gasteiger partial charge in [-0.2, -0.15) is 0 Å². The van der Waals surface area contributed by atoms with E-state index in [0.29, 0.717) is 0 Å².